The summed E-state index contributed by atoms with van der Waals surface area (Å²) in [6.45, 7) is 1.09. The normalized spacial score (nSPS) is 12.6. The van der Waals surface area contributed by atoms with Crippen molar-refractivity contribution in [1.29, 1.82) is 0 Å². The van der Waals surface area contributed by atoms with Crippen LogP contribution in [0.3, 0.4) is 0 Å². The molecule has 12 heteroatoms. The minimum Gasteiger partial charge on any atom is -0.491 e. The first-order chi connectivity index (χ1) is 20.0. The SMILES string of the molecule is COc1cc2nccc(Oc3ccc(NC(=O)c4c5n(cc(-c6ccsc6)c4=O)CCOC5)cc3F)c2nc1OC. The van der Waals surface area contributed by atoms with Crippen LogP contribution in [0.5, 0.6) is 23.1 Å². The van der Waals surface area contributed by atoms with Crippen LogP contribution in [0.25, 0.3) is 22.2 Å². The molecule has 10 nitrogen and oxygen atoms in total. The van der Waals surface area contributed by atoms with E-state index in [4.69, 9.17) is 18.9 Å². The Kier molecular flexibility index (Phi) is 7.08. The minimum atomic E-state index is -0.734. The molecule has 5 heterocycles. The molecule has 6 rings (SSSR count). The van der Waals surface area contributed by atoms with E-state index in [9.17, 15) is 9.59 Å². The van der Waals surface area contributed by atoms with E-state index in [0.717, 1.165) is 11.6 Å². The van der Waals surface area contributed by atoms with Gasteiger partial charge in [0.25, 0.3) is 11.8 Å². The van der Waals surface area contributed by atoms with E-state index in [1.54, 1.807) is 18.3 Å². The maximum Gasteiger partial charge on any atom is 0.261 e. The Bertz CT molecular complexity index is 1840. The lowest BCUT2D eigenvalue weighted by Crippen LogP contribution is -2.31. The molecule has 0 aliphatic carbocycles. The van der Waals surface area contributed by atoms with Crippen LogP contribution in [0.15, 0.2) is 64.3 Å². The van der Waals surface area contributed by atoms with Gasteiger partial charge < -0.3 is 28.8 Å². The summed E-state index contributed by atoms with van der Waals surface area (Å²) in [5.74, 6) is -0.622. The fourth-order valence-electron chi connectivity index (χ4n) is 4.61. The van der Waals surface area contributed by atoms with Crippen molar-refractivity contribution in [2.45, 2.75) is 13.2 Å². The summed E-state index contributed by atoms with van der Waals surface area (Å²) in [4.78, 5) is 35.5. The molecule has 1 aliphatic heterocycles. The smallest absolute Gasteiger partial charge is 0.261 e. The maximum atomic E-state index is 15.2. The van der Waals surface area contributed by atoms with Gasteiger partial charge in [-0.25, -0.2) is 9.37 Å². The van der Waals surface area contributed by atoms with Crippen molar-refractivity contribution in [1.82, 2.24) is 14.5 Å². The van der Waals surface area contributed by atoms with Crippen LogP contribution in [-0.4, -0.2) is 41.3 Å². The van der Waals surface area contributed by atoms with Gasteiger partial charge in [-0.05, 0) is 34.5 Å². The number of amides is 1. The average molecular weight is 575 g/mol. The minimum absolute atomic E-state index is 0.0344. The number of fused-ring (bicyclic) bond motifs is 2. The summed E-state index contributed by atoms with van der Waals surface area (Å²) < 4.78 is 39.0. The Morgan fingerprint density at radius 1 is 1.12 bits per heavy atom. The molecule has 1 aromatic carbocycles. The van der Waals surface area contributed by atoms with Gasteiger partial charge in [0, 0.05) is 48.4 Å². The van der Waals surface area contributed by atoms with Crippen LogP contribution < -0.4 is 25.0 Å². The number of carbonyl (C=O) groups is 1. The largest absolute Gasteiger partial charge is 0.491 e. The average Bonchev–Trinajstić information content (AvgIpc) is 3.52. The first-order valence-electron chi connectivity index (χ1n) is 12.5. The predicted molar refractivity (Wildman–Crippen MR) is 151 cm³/mol. The fraction of sp³-hybridized carbons (Fsp3) is 0.172. The molecule has 0 fully saturated rings. The molecule has 0 atom stereocenters. The van der Waals surface area contributed by atoms with E-state index in [1.165, 1.54) is 43.9 Å². The molecule has 1 amide bonds. The third-order valence-electron chi connectivity index (χ3n) is 6.60. The Morgan fingerprint density at radius 2 is 2.00 bits per heavy atom. The summed E-state index contributed by atoms with van der Waals surface area (Å²) in [5, 5.41) is 6.38. The number of nitrogens with zero attached hydrogens (tertiary/aromatic N) is 3. The second kappa shape index (κ2) is 11.0. The quantitative estimate of drug-likeness (QED) is 0.280. The zero-order valence-corrected chi connectivity index (χ0v) is 22.8. The molecule has 5 aromatic rings. The number of anilines is 1. The highest BCUT2D eigenvalue weighted by atomic mass is 32.1. The predicted octanol–water partition coefficient (Wildman–Crippen LogP) is 5.25. The highest BCUT2D eigenvalue weighted by Crippen LogP contribution is 2.35. The van der Waals surface area contributed by atoms with Crippen molar-refractivity contribution in [2.75, 3.05) is 26.1 Å². The van der Waals surface area contributed by atoms with Gasteiger partial charge in [0.2, 0.25) is 5.43 Å². The number of hydrogen-bond donors (Lipinski definition) is 1. The van der Waals surface area contributed by atoms with Crippen LogP contribution >= 0.6 is 11.3 Å². The Labute approximate surface area is 236 Å². The Hall–Kier alpha value is -4.81. The summed E-state index contributed by atoms with van der Waals surface area (Å²) in [5.41, 5.74) is 2.15. The van der Waals surface area contributed by atoms with Crippen LogP contribution in [0.4, 0.5) is 10.1 Å². The number of methoxy groups -OCH3 is 2. The first-order valence-corrected chi connectivity index (χ1v) is 13.4. The third-order valence-corrected chi connectivity index (χ3v) is 7.28. The number of halogens is 1. The highest BCUT2D eigenvalue weighted by Gasteiger charge is 2.25. The van der Waals surface area contributed by atoms with E-state index in [0.29, 0.717) is 41.2 Å². The number of ether oxygens (including phenoxy) is 4. The number of rotatable bonds is 7. The van der Waals surface area contributed by atoms with E-state index >= 15 is 4.39 Å². The fourth-order valence-corrected chi connectivity index (χ4v) is 5.26. The van der Waals surface area contributed by atoms with Crippen LogP contribution in [-0.2, 0) is 17.9 Å². The van der Waals surface area contributed by atoms with E-state index < -0.39 is 17.2 Å². The monoisotopic (exact) mass is 574 g/mol. The molecule has 1 aliphatic rings. The lowest BCUT2D eigenvalue weighted by molar-refractivity contribution is 0.0809. The van der Waals surface area contributed by atoms with Crippen molar-refractivity contribution in [3.05, 3.63) is 86.8 Å². The van der Waals surface area contributed by atoms with Crippen LogP contribution in [0.1, 0.15) is 16.1 Å². The van der Waals surface area contributed by atoms with E-state index in [1.807, 2.05) is 21.4 Å². The molecule has 0 unspecified atom stereocenters. The maximum absolute atomic E-state index is 15.2. The van der Waals surface area contributed by atoms with Crippen molar-refractivity contribution in [2.24, 2.45) is 0 Å². The molecule has 4 aromatic heterocycles. The first kappa shape index (κ1) is 26.4. The van der Waals surface area contributed by atoms with Gasteiger partial charge in [0.15, 0.2) is 23.1 Å². The second-order valence-electron chi connectivity index (χ2n) is 9.03. The summed E-state index contributed by atoms with van der Waals surface area (Å²) >= 11 is 1.46. The molecule has 0 saturated carbocycles. The zero-order chi connectivity index (χ0) is 28.5. The lowest BCUT2D eigenvalue weighted by atomic mass is 10.0. The second-order valence-corrected chi connectivity index (χ2v) is 9.81. The highest BCUT2D eigenvalue weighted by molar-refractivity contribution is 7.08. The third kappa shape index (κ3) is 4.98. The molecule has 41 heavy (non-hydrogen) atoms. The number of thiophene rings is 1. The molecule has 0 saturated heterocycles. The van der Waals surface area contributed by atoms with Crippen molar-refractivity contribution < 1.29 is 28.1 Å². The van der Waals surface area contributed by atoms with Gasteiger partial charge in [0.1, 0.15) is 11.1 Å². The van der Waals surface area contributed by atoms with Crippen molar-refractivity contribution in [3.8, 4) is 34.3 Å². The summed E-state index contributed by atoms with van der Waals surface area (Å²) in [6, 6.07) is 9.01. The molecule has 208 valence electrons. The molecular weight excluding hydrogens is 551 g/mol. The zero-order valence-electron chi connectivity index (χ0n) is 22.0. The van der Waals surface area contributed by atoms with E-state index in [2.05, 4.69) is 15.3 Å². The van der Waals surface area contributed by atoms with Crippen molar-refractivity contribution in [3.63, 3.8) is 0 Å². The van der Waals surface area contributed by atoms with Crippen molar-refractivity contribution >= 4 is 34.0 Å². The standard InChI is InChI=1S/C29H23FN4O6S/c1-37-24-12-20-26(33-29(24)38-2)23(5-7-31-20)40-22-4-3-17(11-19(22)30)32-28(36)25-21-14-39-9-8-34(21)13-18(27(25)35)16-6-10-41-15-16/h3-7,10-13,15H,8-9,14H2,1-2H3,(H,32,36). The number of carbonyl (C=O) groups excluding carboxylic acids is 1. The van der Waals surface area contributed by atoms with Gasteiger partial charge in [-0.1, -0.05) is 0 Å². The molecule has 0 spiro atoms. The van der Waals surface area contributed by atoms with Crippen LogP contribution in [0, 0.1) is 5.82 Å². The van der Waals surface area contributed by atoms with Crippen LogP contribution in [0.2, 0.25) is 0 Å². The number of aromatic nitrogens is 3. The molecule has 1 N–H and O–H groups in total. The molecule has 0 bridgehead atoms. The lowest BCUT2D eigenvalue weighted by Gasteiger charge is -2.23. The summed E-state index contributed by atoms with van der Waals surface area (Å²) in [7, 11) is 2.94. The van der Waals surface area contributed by atoms with Gasteiger partial charge in [-0.2, -0.15) is 11.3 Å². The summed E-state index contributed by atoms with van der Waals surface area (Å²) in [6.07, 6.45) is 3.26. The molecule has 0 radical (unpaired) electrons. The molecular formula is C29H23FN4O6S. The van der Waals surface area contributed by atoms with E-state index in [-0.39, 0.29) is 35.2 Å². The van der Waals surface area contributed by atoms with Gasteiger partial charge in [-0.15, -0.1) is 0 Å². The van der Waals surface area contributed by atoms with Gasteiger partial charge in [0.05, 0.1) is 38.6 Å². The Morgan fingerprint density at radius 3 is 2.76 bits per heavy atom. The van der Waals surface area contributed by atoms with Gasteiger partial charge in [-0.3, -0.25) is 14.6 Å². The topological polar surface area (TPSA) is 114 Å². The van der Waals surface area contributed by atoms with Gasteiger partial charge >= 0.3 is 0 Å². The Balaban J connectivity index is 1.29. The number of hydrogen-bond acceptors (Lipinski definition) is 9. The number of benzene rings is 1. The number of nitrogens with one attached hydrogen (secondary N) is 1. The number of pyridine rings is 3.